The van der Waals surface area contributed by atoms with E-state index >= 15 is 0 Å². The highest BCUT2D eigenvalue weighted by Crippen LogP contribution is 2.24. The van der Waals surface area contributed by atoms with Crippen LogP contribution >= 0.6 is 12.4 Å². The van der Waals surface area contributed by atoms with E-state index in [4.69, 9.17) is 10.5 Å². The van der Waals surface area contributed by atoms with Crippen molar-refractivity contribution >= 4 is 18.3 Å². The SMILES string of the molecule is Cl.NC1CCC(C(=O)NCC2CCOCC2)C1. The van der Waals surface area contributed by atoms with Gasteiger partial charge < -0.3 is 15.8 Å². The van der Waals surface area contributed by atoms with Crippen molar-refractivity contribution in [2.45, 2.75) is 38.1 Å². The molecule has 5 heteroatoms. The number of nitrogens with two attached hydrogens (primary N) is 1. The molecule has 4 nitrogen and oxygen atoms in total. The van der Waals surface area contributed by atoms with Crippen LogP contribution in [0.3, 0.4) is 0 Å². The highest BCUT2D eigenvalue weighted by atomic mass is 35.5. The van der Waals surface area contributed by atoms with E-state index in [0.29, 0.717) is 5.92 Å². The molecule has 1 saturated carbocycles. The Morgan fingerprint density at radius 3 is 2.53 bits per heavy atom. The molecule has 2 unspecified atom stereocenters. The highest BCUT2D eigenvalue weighted by Gasteiger charge is 2.28. The number of nitrogens with one attached hydrogen (secondary N) is 1. The van der Waals surface area contributed by atoms with Gasteiger partial charge in [-0.15, -0.1) is 12.4 Å². The molecule has 0 aromatic rings. The third-order valence-corrected chi connectivity index (χ3v) is 3.75. The Morgan fingerprint density at radius 2 is 1.94 bits per heavy atom. The zero-order valence-electron chi connectivity index (χ0n) is 10.2. The van der Waals surface area contributed by atoms with Gasteiger partial charge >= 0.3 is 0 Å². The smallest absolute Gasteiger partial charge is 0.223 e. The fourth-order valence-corrected chi connectivity index (χ4v) is 2.59. The Balaban J connectivity index is 0.00000144. The zero-order valence-corrected chi connectivity index (χ0v) is 11.0. The average molecular weight is 263 g/mol. The minimum absolute atomic E-state index is 0. The first-order valence-electron chi connectivity index (χ1n) is 6.36. The van der Waals surface area contributed by atoms with Crippen LogP contribution in [-0.2, 0) is 9.53 Å². The normalized spacial score (nSPS) is 29.7. The van der Waals surface area contributed by atoms with Crippen LogP contribution in [0.4, 0.5) is 0 Å². The van der Waals surface area contributed by atoms with Gasteiger partial charge in [0.2, 0.25) is 5.91 Å². The molecule has 0 bridgehead atoms. The topological polar surface area (TPSA) is 64.4 Å². The van der Waals surface area contributed by atoms with E-state index in [1.807, 2.05) is 0 Å². The number of carbonyl (C=O) groups excluding carboxylic acids is 1. The standard InChI is InChI=1S/C12H22N2O2.ClH/c13-11-2-1-10(7-11)12(15)14-8-9-3-5-16-6-4-9;/h9-11H,1-8,13H2,(H,14,15);1H. The van der Waals surface area contributed by atoms with Gasteiger partial charge in [0.15, 0.2) is 0 Å². The second-order valence-electron chi connectivity index (χ2n) is 5.07. The molecular weight excluding hydrogens is 240 g/mol. The minimum Gasteiger partial charge on any atom is -0.381 e. The highest BCUT2D eigenvalue weighted by molar-refractivity contribution is 5.85. The van der Waals surface area contributed by atoms with Gasteiger partial charge in [-0.2, -0.15) is 0 Å². The zero-order chi connectivity index (χ0) is 11.4. The van der Waals surface area contributed by atoms with Crippen molar-refractivity contribution in [3.63, 3.8) is 0 Å². The molecule has 17 heavy (non-hydrogen) atoms. The Bertz CT molecular complexity index is 245. The van der Waals surface area contributed by atoms with Crippen molar-refractivity contribution in [3.05, 3.63) is 0 Å². The molecule has 1 saturated heterocycles. The lowest BCUT2D eigenvalue weighted by Gasteiger charge is -2.22. The molecule has 1 aliphatic heterocycles. The molecule has 2 rings (SSSR count). The number of carbonyl (C=O) groups is 1. The van der Waals surface area contributed by atoms with Crippen molar-refractivity contribution in [3.8, 4) is 0 Å². The lowest BCUT2D eigenvalue weighted by Crippen LogP contribution is -2.35. The Kier molecular flexibility index (Phi) is 6.23. The molecule has 1 aliphatic carbocycles. The second kappa shape index (κ2) is 7.19. The van der Waals surface area contributed by atoms with Gasteiger partial charge in [-0.3, -0.25) is 4.79 Å². The predicted octanol–water partition coefficient (Wildman–Crippen LogP) is 1.08. The summed E-state index contributed by atoms with van der Waals surface area (Å²) >= 11 is 0. The minimum atomic E-state index is 0. The number of hydrogen-bond donors (Lipinski definition) is 2. The summed E-state index contributed by atoms with van der Waals surface area (Å²) in [5.74, 6) is 0.974. The van der Waals surface area contributed by atoms with Gasteiger partial charge in [-0.25, -0.2) is 0 Å². The molecule has 0 spiro atoms. The summed E-state index contributed by atoms with van der Waals surface area (Å²) in [6.07, 6.45) is 4.96. The maximum Gasteiger partial charge on any atom is 0.223 e. The fraction of sp³-hybridized carbons (Fsp3) is 0.917. The summed E-state index contributed by atoms with van der Waals surface area (Å²) in [4.78, 5) is 11.8. The number of hydrogen-bond acceptors (Lipinski definition) is 3. The summed E-state index contributed by atoms with van der Waals surface area (Å²) in [6, 6.07) is 0.235. The van der Waals surface area contributed by atoms with Crippen molar-refractivity contribution in [2.24, 2.45) is 17.6 Å². The average Bonchev–Trinajstić information content (AvgIpc) is 2.74. The van der Waals surface area contributed by atoms with Crippen molar-refractivity contribution in [2.75, 3.05) is 19.8 Å². The number of rotatable bonds is 3. The Hall–Kier alpha value is -0.320. The molecule has 1 heterocycles. The van der Waals surface area contributed by atoms with Gasteiger partial charge in [0.1, 0.15) is 0 Å². The van der Waals surface area contributed by atoms with Crippen molar-refractivity contribution in [1.82, 2.24) is 5.32 Å². The predicted molar refractivity (Wildman–Crippen MR) is 69.1 cm³/mol. The van der Waals surface area contributed by atoms with Crippen LogP contribution in [0.5, 0.6) is 0 Å². The van der Waals surface area contributed by atoms with Gasteiger partial charge in [0.05, 0.1) is 0 Å². The Labute approximate surface area is 109 Å². The first kappa shape index (κ1) is 14.7. The number of halogens is 1. The quantitative estimate of drug-likeness (QED) is 0.800. The van der Waals surface area contributed by atoms with Crippen LogP contribution in [0.2, 0.25) is 0 Å². The Morgan fingerprint density at radius 1 is 1.24 bits per heavy atom. The van der Waals surface area contributed by atoms with Crippen molar-refractivity contribution < 1.29 is 9.53 Å². The van der Waals surface area contributed by atoms with E-state index in [2.05, 4.69) is 5.32 Å². The third-order valence-electron chi connectivity index (χ3n) is 3.75. The van der Waals surface area contributed by atoms with Crippen molar-refractivity contribution in [1.29, 1.82) is 0 Å². The molecule has 0 aromatic carbocycles. The van der Waals surface area contributed by atoms with E-state index in [1.165, 1.54) is 0 Å². The van der Waals surface area contributed by atoms with Crippen LogP contribution in [-0.4, -0.2) is 31.7 Å². The molecule has 0 radical (unpaired) electrons. The molecule has 2 atom stereocenters. The first-order valence-corrected chi connectivity index (χ1v) is 6.36. The van der Waals surface area contributed by atoms with E-state index in [9.17, 15) is 4.79 Å². The van der Waals surface area contributed by atoms with Gasteiger partial charge in [-0.05, 0) is 38.0 Å². The summed E-state index contributed by atoms with van der Waals surface area (Å²) in [6.45, 7) is 2.50. The van der Waals surface area contributed by atoms with Crippen LogP contribution in [0.15, 0.2) is 0 Å². The lowest BCUT2D eigenvalue weighted by atomic mass is 9.99. The first-order chi connectivity index (χ1) is 7.75. The van der Waals surface area contributed by atoms with E-state index in [-0.39, 0.29) is 30.3 Å². The molecule has 2 aliphatic rings. The maximum absolute atomic E-state index is 11.8. The summed E-state index contributed by atoms with van der Waals surface area (Å²) in [7, 11) is 0. The largest absolute Gasteiger partial charge is 0.381 e. The third kappa shape index (κ3) is 4.45. The second-order valence-corrected chi connectivity index (χ2v) is 5.07. The lowest BCUT2D eigenvalue weighted by molar-refractivity contribution is -0.125. The van der Waals surface area contributed by atoms with Gasteiger partial charge in [0, 0.05) is 31.7 Å². The molecular formula is C12H23ClN2O2. The van der Waals surface area contributed by atoms with Crippen LogP contribution < -0.4 is 11.1 Å². The van der Waals surface area contributed by atoms with Crippen LogP contribution in [0.25, 0.3) is 0 Å². The molecule has 100 valence electrons. The van der Waals surface area contributed by atoms with Gasteiger partial charge in [-0.1, -0.05) is 0 Å². The summed E-state index contributed by atoms with van der Waals surface area (Å²) < 4.78 is 5.29. The van der Waals surface area contributed by atoms with E-state index in [0.717, 1.165) is 51.9 Å². The summed E-state index contributed by atoms with van der Waals surface area (Å²) in [5.41, 5.74) is 5.81. The molecule has 1 amide bonds. The number of amides is 1. The van der Waals surface area contributed by atoms with Crippen LogP contribution in [0, 0.1) is 11.8 Å². The molecule has 3 N–H and O–H groups in total. The van der Waals surface area contributed by atoms with E-state index in [1.54, 1.807) is 0 Å². The van der Waals surface area contributed by atoms with Gasteiger partial charge in [0.25, 0.3) is 0 Å². The molecule has 2 fully saturated rings. The van der Waals surface area contributed by atoms with Crippen LogP contribution in [0.1, 0.15) is 32.1 Å². The monoisotopic (exact) mass is 262 g/mol. The summed E-state index contributed by atoms with van der Waals surface area (Å²) in [5, 5.41) is 3.06. The number of ether oxygens (including phenoxy) is 1. The fourth-order valence-electron chi connectivity index (χ4n) is 2.59. The van der Waals surface area contributed by atoms with E-state index < -0.39 is 0 Å². The molecule has 0 aromatic heterocycles. The maximum atomic E-state index is 11.8.